The van der Waals surface area contributed by atoms with Crippen LogP contribution in [0, 0.1) is 13.8 Å². The first-order valence-corrected chi connectivity index (χ1v) is 9.25. The highest BCUT2D eigenvalue weighted by molar-refractivity contribution is 7.92. The number of nitrogens with one attached hydrogen (secondary N) is 1. The van der Waals surface area contributed by atoms with E-state index in [4.69, 9.17) is 0 Å². The van der Waals surface area contributed by atoms with Gasteiger partial charge in [0.15, 0.2) is 15.9 Å². The van der Waals surface area contributed by atoms with Crippen molar-refractivity contribution in [2.75, 3.05) is 5.75 Å². The largest absolute Gasteiger partial charge is 0.479 e. The SMILES string of the molecule is Cc1cc(C)cc(C(NC(=O)C2CCCCS2(=O)=O)C(=O)O)c1. The van der Waals surface area contributed by atoms with Crippen LogP contribution in [0.1, 0.15) is 42.0 Å². The number of carbonyl (C=O) groups is 2. The number of hydrogen-bond donors (Lipinski definition) is 2. The number of benzene rings is 1. The van der Waals surface area contributed by atoms with Crippen molar-refractivity contribution in [3.05, 3.63) is 34.9 Å². The summed E-state index contributed by atoms with van der Waals surface area (Å²) in [5.41, 5.74) is 2.20. The number of amides is 1. The van der Waals surface area contributed by atoms with Crippen molar-refractivity contribution < 1.29 is 23.1 Å². The van der Waals surface area contributed by atoms with Crippen molar-refractivity contribution in [2.45, 2.75) is 44.4 Å². The maximum atomic E-state index is 12.3. The number of carboxylic acid groups (broad SMARTS) is 1. The van der Waals surface area contributed by atoms with Crippen LogP contribution in [0.2, 0.25) is 0 Å². The monoisotopic (exact) mass is 339 g/mol. The summed E-state index contributed by atoms with van der Waals surface area (Å²) in [5, 5.41) is 10.7. The molecule has 1 fully saturated rings. The maximum Gasteiger partial charge on any atom is 0.330 e. The fourth-order valence-electron chi connectivity index (χ4n) is 2.95. The van der Waals surface area contributed by atoms with Gasteiger partial charge in [-0.3, -0.25) is 4.79 Å². The van der Waals surface area contributed by atoms with Gasteiger partial charge in [0.05, 0.1) is 5.75 Å². The van der Waals surface area contributed by atoms with E-state index >= 15 is 0 Å². The molecule has 126 valence electrons. The second-order valence-corrected chi connectivity index (χ2v) is 8.36. The smallest absolute Gasteiger partial charge is 0.330 e. The molecule has 23 heavy (non-hydrogen) atoms. The molecule has 1 amide bonds. The molecule has 2 unspecified atom stereocenters. The molecule has 1 heterocycles. The predicted octanol–water partition coefficient (Wildman–Crippen LogP) is 1.51. The zero-order valence-corrected chi connectivity index (χ0v) is 14.0. The molecule has 0 aliphatic carbocycles. The van der Waals surface area contributed by atoms with Gasteiger partial charge >= 0.3 is 5.97 Å². The van der Waals surface area contributed by atoms with Gasteiger partial charge in [0.2, 0.25) is 5.91 Å². The zero-order valence-electron chi connectivity index (χ0n) is 13.2. The van der Waals surface area contributed by atoms with Crippen LogP contribution < -0.4 is 5.32 Å². The standard InChI is InChI=1S/C16H21NO5S/c1-10-7-11(2)9-12(8-10)14(16(19)20)17-15(18)13-5-3-4-6-23(13,21)22/h7-9,13-14H,3-6H2,1-2H3,(H,17,18)(H,19,20). The van der Waals surface area contributed by atoms with Gasteiger partial charge in [0.1, 0.15) is 5.25 Å². The fourth-order valence-corrected chi connectivity index (χ4v) is 4.76. The van der Waals surface area contributed by atoms with Crippen molar-refractivity contribution in [2.24, 2.45) is 0 Å². The minimum Gasteiger partial charge on any atom is -0.479 e. The van der Waals surface area contributed by atoms with E-state index in [1.807, 2.05) is 19.9 Å². The van der Waals surface area contributed by atoms with Gasteiger partial charge in [-0.25, -0.2) is 13.2 Å². The summed E-state index contributed by atoms with van der Waals surface area (Å²) >= 11 is 0. The summed E-state index contributed by atoms with van der Waals surface area (Å²) in [6, 6.07) is 4.01. The Balaban J connectivity index is 2.26. The summed E-state index contributed by atoms with van der Waals surface area (Å²) < 4.78 is 24.0. The highest BCUT2D eigenvalue weighted by Gasteiger charge is 2.36. The summed E-state index contributed by atoms with van der Waals surface area (Å²) in [7, 11) is -3.50. The van der Waals surface area contributed by atoms with Crippen LogP contribution in [-0.2, 0) is 19.4 Å². The van der Waals surface area contributed by atoms with Crippen LogP contribution in [0.25, 0.3) is 0 Å². The Hall–Kier alpha value is -1.89. The molecule has 0 saturated carbocycles. The van der Waals surface area contributed by atoms with Crippen molar-refractivity contribution >= 4 is 21.7 Å². The van der Waals surface area contributed by atoms with E-state index in [1.165, 1.54) is 0 Å². The molecule has 1 aliphatic rings. The maximum absolute atomic E-state index is 12.3. The van der Waals surface area contributed by atoms with Gasteiger partial charge in [-0.15, -0.1) is 0 Å². The Bertz CT molecular complexity index is 706. The number of aliphatic carboxylic acids is 1. The van der Waals surface area contributed by atoms with Crippen LogP contribution in [0.3, 0.4) is 0 Å². The Morgan fingerprint density at radius 2 is 1.78 bits per heavy atom. The van der Waals surface area contributed by atoms with Gasteiger partial charge in [-0.1, -0.05) is 35.7 Å². The third-order valence-corrected chi connectivity index (χ3v) is 6.16. The highest BCUT2D eigenvalue weighted by atomic mass is 32.2. The van der Waals surface area contributed by atoms with E-state index < -0.39 is 33.0 Å². The first-order chi connectivity index (χ1) is 10.7. The highest BCUT2D eigenvalue weighted by Crippen LogP contribution is 2.22. The molecule has 0 spiro atoms. The van der Waals surface area contributed by atoms with E-state index in [1.54, 1.807) is 12.1 Å². The zero-order chi connectivity index (χ0) is 17.2. The number of rotatable bonds is 4. The molecular formula is C16H21NO5S. The van der Waals surface area contributed by atoms with E-state index in [0.29, 0.717) is 18.4 Å². The van der Waals surface area contributed by atoms with E-state index in [-0.39, 0.29) is 12.2 Å². The van der Waals surface area contributed by atoms with Crippen LogP contribution >= 0.6 is 0 Å². The van der Waals surface area contributed by atoms with Crippen LogP contribution in [0.5, 0.6) is 0 Å². The van der Waals surface area contributed by atoms with Crippen LogP contribution in [0.4, 0.5) is 0 Å². The molecule has 1 saturated heterocycles. The van der Waals surface area contributed by atoms with Crippen molar-refractivity contribution in [1.82, 2.24) is 5.32 Å². The Kier molecular flexibility index (Phi) is 5.09. The Labute approximate surface area is 135 Å². The normalized spacial score (nSPS) is 21.4. The van der Waals surface area contributed by atoms with E-state index in [2.05, 4.69) is 5.32 Å². The number of hydrogen-bond acceptors (Lipinski definition) is 4. The van der Waals surface area contributed by atoms with Gasteiger partial charge in [-0.2, -0.15) is 0 Å². The fraction of sp³-hybridized carbons (Fsp3) is 0.500. The van der Waals surface area contributed by atoms with Crippen LogP contribution in [0.15, 0.2) is 18.2 Å². The summed E-state index contributed by atoms with van der Waals surface area (Å²) in [6.07, 6.45) is 1.44. The van der Waals surface area contributed by atoms with Gasteiger partial charge in [-0.05, 0) is 32.3 Å². The molecule has 6 nitrogen and oxygen atoms in total. The third kappa shape index (κ3) is 4.10. The summed E-state index contributed by atoms with van der Waals surface area (Å²) in [5.74, 6) is -1.96. The van der Waals surface area contributed by atoms with E-state index in [0.717, 1.165) is 11.1 Å². The van der Waals surface area contributed by atoms with Crippen molar-refractivity contribution in [3.63, 3.8) is 0 Å². The molecule has 2 atom stereocenters. The third-order valence-electron chi connectivity index (χ3n) is 3.98. The first-order valence-electron chi connectivity index (χ1n) is 7.53. The lowest BCUT2D eigenvalue weighted by Crippen LogP contribution is -2.45. The van der Waals surface area contributed by atoms with E-state index in [9.17, 15) is 23.1 Å². The molecule has 0 radical (unpaired) electrons. The van der Waals surface area contributed by atoms with Gasteiger partial charge in [0, 0.05) is 0 Å². The molecule has 1 aromatic rings. The topological polar surface area (TPSA) is 101 Å². The lowest BCUT2D eigenvalue weighted by atomic mass is 10.0. The second kappa shape index (κ2) is 6.70. The predicted molar refractivity (Wildman–Crippen MR) is 85.9 cm³/mol. The molecule has 1 aromatic carbocycles. The van der Waals surface area contributed by atoms with Crippen molar-refractivity contribution in [3.8, 4) is 0 Å². The van der Waals surface area contributed by atoms with Crippen molar-refractivity contribution in [1.29, 1.82) is 0 Å². The molecule has 7 heteroatoms. The Morgan fingerprint density at radius 3 is 2.30 bits per heavy atom. The second-order valence-electron chi connectivity index (χ2n) is 6.05. The molecule has 2 rings (SSSR count). The summed E-state index contributed by atoms with van der Waals surface area (Å²) in [4.78, 5) is 23.9. The first kappa shape index (κ1) is 17.5. The molecule has 2 N–H and O–H groups in total. The number of aryl methyl sites for hydroxylation is 2. The lowest BCUT2D eigenvalue weighted by molar-refractivity contribution is -0.142. The molecule has 0 aromatic heterocycles. The molecular weight excluding hydrogens is 318 g/mol. The molecule has 1 aliphatic heterocycles. The van der Waals surface area contributed by atoms with Gasteiger partial charge in [0.25, 0.3) is 0 Å². The average Bonchev–Trinajstić information content (AvgIpc) is 2.42. The number of carboxylic acids is 1. The van der Waals surface area contributed by atoms with Crippen LogP contribution in [-0.4, -0.2) is 36.4 Å². The van der Waals surface area contributed by atoms with Gasteiger partial charge < -0.3 is 10.4 Å². The minimum atomic E-state index is -3.50. The number of sulfone groups is 1. The quantitative estimate of drug-likeness (QED) is 0.866. The Morgan fingerprint density at radius 1 is 1.17 bits per heavy atom. The minimum absolute atomic E-state index is 0.0215. The average molecular weight is 339 g/mol. The number of carbonyl (C=O) groups excluding carboxylic acids is 1. The lowest BCUT2D eigenvalue weighted by Gasteiger charge is -2.24. The summed E-state index contributed by atoms with van der Waals surface area (Å²) in [6.45, 7) is 3.67. The molecule has 0 bridgehead atoms.